The molecule has 92 valence electrons. The number of nitrogens with one attached hydrogen (secondary N) is 3. The minimum absolute atomic E-state index is 0.736. The number of fused-ring (bicyclic) bond motifs is 1. The van der Waals surface area contributed by atoms with Crippen molar-refractivity contribution in [3.05, 3.63) is 41.7 Å². The highest BCUT2D eigenvalue weighted by Gasteiger charge is 2.01. The van der Waals surface area contributed by atoms with Gasteiger partial charge in [-0.15, -0.1) is 0 Å². The Morgan fingerprint density at radius 2 is 2.06 bits per heavy atom. The fraction of sp³-hybridized carbons (Fsp3) is 0.231. The third-order valence-corrected chi connectivity index (χ3v) is 2.84. The standard InChI is InChI=1S/C13H15N5/c1-8-14-6-11(16-8)7-15-10-3-4-12-13(5-10)18-9(2)17-12/h3-6,15H,7H2,1-2H3,(H,14,16)(H,17,18). The molecule has 0 aliphatic heterocycles. The highest BCUT2D eigenvalue weighted by molar-refractivity contribution is 5.79. The van der Waals surface area contributed by atoms with Crippen LogP contribution in [-0.2, 0) is 6.54 Å². The van der Waals surface area contributed by atoms with E-state index in [4.69, 9.17) is 0 Å². The van der Waals surface area contributed by atoms with E-state index in [1.54, 1.807) is 0 Å². The fourth-order valence-electron chi connectivity index (χ4n) is 2.01. The van der Waals surface area contributed by atoms with Crippen molar-refractivity contribution in [1.29, 1.82) is 0 Å². The average molecular weight is 241 g/mol. The molecule has 3 N–H and O–H groups in total. The molecule has 18 heavy (non-hydrogen) atoms. The summed E-state index contributed by atoms with van der Waals surface area (Å²) >= 11 is 0. The van der Waals surface area contributed by atoms with Crippen LogP contribution in [0.1, 0.15) is 17.3 Å². The van der Waals surface area contributed by atoms with Gasteiger partial charge in [-0.3, -0.25) is 0 Å². The zero-order valence-corrected chi connectivity index (χ0v) is 10.4. The van der Waals surface area contributed by atoms with E-state index in [9.17, 15) is 0 Å². The molecule has 0 aliphatic rings. The molecule has 0 unspecified atom stereocenters. The summed E-state index contributed by atoms with van der Waals surface area (Å²) in [5.74, 6) is 1.87. The van der Waals surface area contributed by atoms with E-state index < -0.39 is 0 Å². The quantitative estimate of drug-likeness (QED) is 0.660. The van der Waals surface area contributed by atoms with Crippen LogP contribution in [0.4, 0.5) is 5.69 Å². The number of anilines is 1. The number of hydrogen-bond acceptors (Lipinski definition) is 3. The van der Waals surface area contributed by atoms with Gasteiger partial charge in [0.05, 0.1) is 29.5 Å². The lowest BCUT2D eigenvalue weighted by Crippen LogP contribution is -1.99. The minimum atomic E-state index is 0.736. The SMILES string of the molecule is Cc1ncc(CNc2ccc3nc(C)[nH]c3c2)[nH]1. The van der Waals surface area contributed by atoms with Gasteiger partial charge in [-0.2, -0.15) is 0 Å². The van der Waals surface area contributed by atoms with Gasteiger partial charge in [0, 0.05) is 5.69 Å². The van der Waals surface area contributed by atoms with Gasteiger partial charge in [-0.25, -0.2) is 9.97 Å². The maximum absolute atomic E-state index is 4.38. The van der Waals surface area contributed by atoms with Crippen molar-refractivity contribution in [3.63, 3.8) is 0 Å². The van der Waals surface area contributed by atoms with E-state index in [1.165, 1.54) is 0 Å². The van der Waals surface area contributed by atoms with E-state index >= 15 is 0 Å². The molecular weight excluding hydrogens is 226 g/mol. The van der Waals surface area contributed by atoms with Crippen LogP contribution in [0.5, 0.6) is 0 Å². The Kier molecular flexibility index (Phi) is 2.51. The molecule has 0 spiro atoms. The second kappa shape index (κ2) is 4.18. The van der Waals surface area contributed by atoms with Crippen LogP contribution < -0.4 is 5.32 Å². The molecule has 0 bridgehead atoms. The number of aromatic nitrogens is 4. The van der Waals surface area contributed by atoms with Crippen molar-refractivity contribution in [2.45, 2.75) is 20.4 Å². The third kappa shape index (κ3) is 2.07. The first kappa shape index (κ1) is 10.8. The molecule has 0 atom stereocenters. The highest BCUT2D eigenvalue weighted by atomic mass is 15.0. The second-order valence-electron chi connectivity index (χ2n) is 4.40. The van der Waals surface area contributed by atoms with Crippen molar-refractivity contribution in [2.75, 3.05) is 5.32 Å². The van der Waals surface area contributed by atoms with E-state index in [0.717, 1.165) is 40.6 Å². The molecule has 0 aliphatic carbocycles. The predicted octanol–water partition coefficient (Wildman–Crippen LogP) is 2.51. The van der Waals surface area contributed by atoms with Crippen molar-refractivity contribution < 1.29 is 0 Å². The third-order valence-electron chi connectivity index (χ3n) is 2.84. The average Bonchev–Trinajstić information content (AvgIpc) is 2.90. The Morgan fingerprint density at radius 3 is 2.83 bits per heavy atom. The van der Waals surface area contributed by atoms with Crippen LogP contribution in [0.2, 0.25) is 0 Å². The molecule has 0 radical (unpaired) electrons. The summed E-state index contributed by atoms with van der Waals surface area (Å²) in [6, 6.07) is 6.11. The smallest absolute Gasteiger partial charge is 0.104 e. The Labute approximate surface area is 105 Å². The van der Waals surface area contributed by atoms with E-state index in [-0.39, 0.29) is 0 Å². The number of imidazole rings is 2. The molecule has 2 aromatic heterocycles. The van der Waals surface area contributed by atoms with Crippen LogP contribution in [0, 0.1) is 13.8 Å². The van der Waals surface area contributed by atoms with Crippen molar-refractivity contribution >= 4 is 16.7 Å². The summed E-state index contributed by atoms with van der Waals surface area (Å²) in [7, 11) is 0. The van der Waals surface area contributed by atoms with E-state index in [2.05, 4.69) is 31.3 Å². The van der Waals surface area contributed by atoms with Gasteiger partial charge < -0.3 is 15.3 Å². The van der Waals surface area contributed by atoms with Gasteiger partial charge in [0.1, 0.15) is 11.6 Å². The van der Waals surface area contributed by atoms with Gasteiger partial charge in [-0.1, -0.05) is 0 Å². The topological polar surface area (TPSA) is 69.4 Å². The van der Waals surface area contributed by atoms with E-state index in [0.29, 0.717) is 0 Å². The number of benzene rings is 1. The summed E-state index contributed by atoms with van der Waals surface area (Å²) in [4.78, 5) is 15.0. The van der Waals surface area contributed by atoms with Crippen LogP contribution in [-0.4, -0.2) is 19.9 Å². The summed E-state index contributed by atoms with van der Waals surface area (Å²) in [6.07, 6.45) is 1.85. The summed E-state index contributed by atoms with van der Waals surface area (Å²) in [6.45, 7) is 4.64. The summed E-state index contributed by atoms with van der Waals surface area (Å²) in [5.41, 5.74) is 4.19. The Morgan fingerprint density at radius 1 is 1.17 bits per heavy atom. The number of rotatable bonds is 3. The monoisotopic (exact) mass is 241 g/mol. The Balaban J connectivity index is 1.78. The molecule has 1 aromatic carbocycles. The molecule has 3 rings (SSSR count). The number of H-pyrrole nitrogens is 2. The van der Waals surface area contributed by atoms with Gasteiger partial charge in [0.2, 0.25) is 0 Å². The van der Waals surface area contributed by atoms with Gasteiger partial charge in [0.25, 0.3) is 0 Å². The number of aryl methyl sites for hydroxylation is 2. The number of nitrogens with zero attached hydrogens (tertiary/aromatic N) is 2. The largest absolute Gasteiger partial charge is 0.379 e. The van der Waals surface area contributed by atoms with Crippen LogP contribution in [0.3, 0.4) is 0 Å². The first-order valence-corrected chi connectivity index (χ1v) is 5.91. The second-order valence-corrected chi connectivity index (χ2v) is 4.40. The molecule has 0 amide bonds. The summed E-state index contributed by atoms with van der Waals surface area (Å²) in [5, 5.41) is 3.36. The van der Waals surface area contributed by atoms with Crippen LogP contribution in [0.25, 0.3) is 11.0 Å². The maximum atomic E-state index is 4.38. The molecule has 5 heteroatoms. The lowest BCUT2D eigenvalue weighted by molar-refractivity contribution is 1.05. The van der Waals surface area contributed by atoms with Gasteiger partial charge >= 0.3 is 0 Å². The first-order valence-electron chi connectivity index (χ1n) is 5.91. The van der Waals surface area contributed by atoms with Crippen LogP contribution in [0.15, 0.2) is 24.4 Å². The molecule has 3 aromatic rings. The Hall–Kier alpha value is -2.30. The summed E-state index contributed by atoms with van der Waals surface area (Å²) < 4.78 is 0. The Bertz CT molecular complexity index is 680. The molecule has 2 heterocycles. The van der Waals surface area contributed by atoms with Gasteiger partial charge in [-0.05, 0) is 32.0 Å². The maximum Gasteiger partial charge on any atom is 0.104 e. The first-order chi connectivity index (χ1) is 8.70. The molecular formula is C13H15N5. The number of hydrogen-bond donors (Lipinski definition) is 3. The normalized spacial score (nSPS) is 11.0. The zero-order valence-electron chi connectivity index (χ0n) is 10.4. The molecule has 0 fully saturated rings. The van der Waals surface area contributed by atoms with Crippen molar-refractivity contribution in [1.82, 2.24) is 19.9 Å². The van der Waals surface area contributed by atoms with Crippen LogP contribution >= 0.6 is 0 Å². The predicted molar refractivity (Wildman–Crippen MR) is 71.5 cm³/mol. The fourth-order valence-corrected chi connectivity index (χ4v) is 2.01. The molecule has 5 nitrogen and oxygen atoms in total. The highest BCUT2D eigenvalue weighted by Crippen LogP contribution is 2.17. The van der Waals surface area contributed by atoms with Crippen molar-refractivity contribution in [3.8, 4) is 0 Å². The molecule has 0 saturated heterocycles. The lowest BCUT2D eigenvalue weighted by atomic mass is 10.2. The molecule has 0 saturated carbocycles. The minimum Gasteiger partial charge on any atom is -0.379 e. The lowest BCUT2D eigenvalue weighted by Gasteiger charge is -2.04. The van der Waals surface area contributed by atoms with Gasteiger partial charge in [0.15, 0.2) is 0 Å². The van der Waals surface area contributed by atoms with Crippen molar-refractivity contribution in [2.24, 2.45) is 0 Å². The zero-order chi connectivity index (χ0) is 12.5. The number of aromatic amines is 2. The van der Waals surface area contributed by atoms with E-state index in [1.807, 2.05) is 32.2 Å².